The van der Waals surface area contributed by atoms with Gasteiger partial charge < -0.3 is 104 Å². The average molecular weight is 1530 g/mol. The van der Waals surface area contributed by atoms with E-state index in [1.54, 1.807) is 35.2 Å². The summed E-state index contributed by atoms with van der Waals surface area (Å²) in [6, 6.07) is 10.7. The molecule has 39 heteroatoms. The number of Topliss-reactive ketones (excluding diaryl/α,β-unsaturated/α-hetero) is 3. The molecule has 4 aromatic heterocycles. The number of carbonyl (C=O) groups excluding carboxylic acids is 11. The molecule has 3 fully saturated rings. The van der Waals surface area contributed by atoms with Crippen LogP contribution in [0.1, 0.15) is 121 Å². The highest BCUT2D eigenvalue weighted by Crippen LogP contribution is 2.21. The molecule has 6 atom stereocenters. The Morgan fingerprint density at radius 2 is 1.05 bits per heavy atom. The summed E-state index contributed by atoms with van der Waals surface area (Å²) < 4.78 is 56.3. The lowest BCUT2D eigenvalue weighted by Crippen LogP contribution is -2.48. The van der Waals surface area contributed by atoms with E-state index in [0.717, 1.165) is 33.3 Å². The van der Waals surface area contributed by atoms with E-state index in [4.69, 9.17) is 81.3 Å². The van der Waals surface area contributed by atoms with Crippen molar-refractivity contribution in [2.75, 3.05) is 87.7 Å². The highest BCUT2D eigenvalue weighted by Gasteiger charge is 2.30. The van der Waals surface area contributed by atoms with Crippen LogP contribution in [0.25, 0.3) is 0 Å². The first-order valence-corrected chi connectivity index (χ1v) is 32.2. The summed E-state index contributed by atoms with van der Waals surface area (Å²) >= 11 is 5.01. The molecule has 0 saturated carbocycles. The van der Waals surface area contributed by atoms with Crippen molar-refractivity contribution in [1.29, 1.82) is 0 Å². The number of aliphatic hydroxyl groups is 4. The zero-order valence-electron chi connectivity index (χ0n) is 55.5. The first kappa shape index (κ1) is 101. The number of rotatable bonds is 22. The molecule has 3 saturated heterocycles. The van der Waals surface area contributed by atoms with Gasteiger partial charge >= 0.3 is 41.9 Å². The van der Waals surface area contributed by atoms with E-state index in [1.165, 1.54) is 64.6 Å². The first-order chi connectivity index (χ1) is 45.9. The number of nitrogens with one attached hydrogen (secondary N) is 1. The van der Waals surface area contributed by atoms with Crippen LogP contribution >= 0.6 is 60.0 Å². The van der Waals surface area contributed by atoms with E-state index in [9.17, 15) is 57.5 Å². The number of carboxylic acid groups (broad SMARTS) is 1. The lowest BCUT2D eigenvalue weighted by Gasteiger charge is -2.30. The molecule has 12 N–H and O–H groups in total. The van der Waals surface area contributed by atoms with Crippen molar-refractivity contribution >= 4 is 140 Å². The minimum absolute atomic E-state index is 0. The van der Waals surface area contributed by atoms with Crippen LogP contribution in [0, 0.1) is 17.8 Å². The van der Waals surface area contributed by atoms with Gasteiger partial charge in [0.05, 0.1) is 77.3 Å². The van der Waals surface area contributed by atoms with Crippen LogP contribution < -0.4 is 22.5 Å². The fraction of sp³-hybridized carbons (Fsp3) is 0.533. The van der Waals surface area contributed by atoms with E-state index >= 15 is 0 Å². The molecule has 0 unspecified atom stereocenters. The molecule has 0 spiro atoms. The fourth-order valence-electron chi connectivity index (χ4n) is 6.93. The topological polar surface area (TPSA) is 524 Å². The maximum Gasteiger partial charge on any atom is 0.410 e. The van der Waals surface area contributed by atoms with Gasteiger partial charge in [0.15, 0.2) is 40.4 Å². The van der Waals surface area contributed by atoms with Crippen molar-refractivity contribution in [3.05, 3.63) is 96.6 Å². The number of carbonyl (C=O) groups is 12. The third-order valence-electron chi connectivity index (χ3n) is 11.8. The number of carboxylic acids is 1. The van der Waals surface area contributed by atoms with Crippen molar-refractivity contribution in [1.82, 2.24) is 10.2 Å². The maximum atomic E-state index is 11.6. The number of nitrogens with zero attached hydrogens (tertiary/aromatic N) is 1. The van der Waals surface area contributed by atoms with Gasteiger partial charge in [0, 0.05) is 107 Å². The largest absolute Gasteiger partial charge is 0.480 e. The van der Waals surface area contributed by atoms with Gasteiger partial charge in [-0.25, -0.2) is 9.00 Å². The van der Waals surface area contributed by atoms with Gasteiger partial charge in [0.2, 0.25) is 9.23 Å². The zero-order chi connectivity index (χ0) is 74.5. The van der Waals surface area contributed by atoms with E-state index < -0.39 is 62.3 Å². The van der Waals surface area contributed by atoms with E-state index in [1.807, 2.05) is 20.8 Å². The molecule has 3 aliphatic rings. The van der Waals surface area contributed by atoms with Crippen molar-refractivity contribution < 1.29 is 133 Å². The van der Waals surface area contributed by atoms with Crippen LogP contribution in [0.2, 0.25) is 0 Å². The van der Waals surface area contributed by atoms with E-state index in [-0.39, 0.29) is 162 Å². The quantitative estimate of drug-likeness (QED) is 0.0177. The highest BCUT2D eigenvalue weighted by atomic mass is 36.0. The molecule has 3 aliphatic heterocycles. The zero-order valence-corrected chi connectivity index (χ0v) is 60.6. The number of ether oxygens (including phenoxy) is 6. The summed E-state index contributed by atoms with van der Waals surface area (Å²) in [5, 5.41) is 42.9. The Bertz CT molecular complexity index is 2880. The Morgan fingerprint density at radius 3 is 1.35 bits per heavy atom. The normalized spacial score (nSPS) is 14.8. The van der Waals surface area contributed by atoms with Gasteiger partial charge in [-0.15, -0.1) is 0 Å². The predicted octanol–water partition coefficient (Wildman–Crippen LogP) is 3.94. The summed E-state index contributed by atoms with van der Waals surface area (Å²) in [5.41, 5.74) is 15.0. The fourth-order valence-corrected chi connectivity index (χ4v) is 7.03. The Balaban J connectivity index is -0.000000340. The van der Waals surface area contributed by atoms with Crippen LogP contribution in [0.4, 0.5) is 4.79 Å². The third kappa shape index (κ3) is 50.0. The number of ketones is 3. The Morgan fingerprint density at radius 1 is 0.657 bits per heavy atom. The lowest BCUT2D eigenvalue weighted by atomic mass is 9.98. The summed E-state index contributed by atoms with van der Waals surface area (Å²) in [6.45, 7) is 9.36. The summed E-state index contributed by atoms with van der Waals surface area (Å²) in [4.78, 5) is 133. The van der Waals surface area contributed by atoms with Gasteiger partial charge in [0.25, 0.3) is 5.24 Å². The maximum absolute atomic E-state index is 11.6. The second kappa shape index (κ2) is 60.9. The molecule has 4 aromatic rings. The third-order valence-corrected chi connectivity index (χ3v) is 12.0. The van der Waals surface area contributed by atoms with Gasteiger partial charge in [-0.2, -0.15) is 27.0 Å². The van der Waals surface area contributed by atoms with Crippen LogP contribution in [-0.4, -0.2) is 217 Å². The Labute approximate surface area is 601 Å². The summed E-state index contributed by atoms with van der Waals surface area (Å²) in [6.07, 6.45) is 7.96. The molecule has 0 radical (unpaired) electrons. The molecule has 99 heavy (non-hydrogen) atoms. The predicted molar refractivity (Wildman–Crippen MR) is 366 cm³/mol. The van der Waals surface area contributed by atoms with E-state index in [0.29, 0.717) is 38.1 Å². The standard InChI is InChI=1S/C11H14O5.C11H12O5.C10H10O4.C9H18N2O2.C5H3ClO2.C5H11NO3.C4H9NO3.C4H7NO2.CH4O.Cl2OS.2H2S/c2*1-15-11(14)8(4-5-12)7-9(13)10-3-2-6-16-10;11-8(9-2-1-4-13-9)6-7-3-5-14-10(7)12;1-9(2,3)13-8(12)11-6-4-10-5-7-11;6-5(7)4-2-1-3-8-4;1-9-5(8)4(6)2-3-7;5-3(1-2-6)4(7)8;5-3-1-2-7-4(3)6;1-2;1-4(2)3;;/h2-3,6,8,12H,4-5,7H2,1H3;2-3,5-6,8H,4,7H2,1H3;1-2,4,7H,3,5-6H2;10H,4-7H2,1-3H3;1-3H;4,7H,2-3,6H2,1H3;3,6H,1-2,5H2,(H,7,8);3H,1-2,5H2;2H,1H3;;2*1H2/t2*8-;7-;;;4-;2*3-;;;;/m111..000..../s1. The number of aliphatic carboxylic acids is 1. The molecule has 0 aromatic carbocycles. The Hall–Kier alpha value is -7.04. The molecule has 33 nitrogen and oxygen atoms in total. The van der Waals surface area contributed by atoms with Gasteiger partial charge in [-0.1, -0.05) is 0 Å². The number of halogens is 3. The van der Waals surface area contributed by atoms with Gasteiger partial charge in [0.1, 0.15) is 30.0 Å². The lowest BCUT2D eigenvalue weighted by molar-refractivity contribution is -0.146. The summed E-state index contributed by atoms with van der Waals surface area (Å²) in [5.74, 6) is -4.62. The SMILES string of the molecule is CC(C)(C)OC(=O)N1CCNCC1.CO.COC(=O)[C@@H](N)CCO.COC(=O)[C@H](CC=O)CC(=O)c1ccco1.COC(=O)[C@H](CCO)CC(=O)c1ccco1.N[C@@H](CCO)C(=O)O.N[C@H]1CCOC1=O.O=C(C[C@H]1CCOC1=O)c1ccco1.O=C(Cl)c1ccco1.O=S(Cl)Cl.S.S. The van der Waals surface area contributed by atoms with Crippen LogP contribution in [0.3, 0.4) is 0 Å². The minimum Gasteiger partial charge on any atom is -0.480 e. The number of amides is 1. The molecule has 0 bridgehead atoms. The van der Waals surface area contributed by atoms with Gasteiger partial charge in [-0.3, -0.25) is 47.9 Å². The monoisotopic (exact) mass is 1530 g/mol. The molecular weight excluding hydrogens is 1440 g/mol. The number of methoxy groups -OCH3 is 3. The van der Waals surface area contributed by atoms with Crippen molar-refractivity contribution in [2.45, 2.75) is 102 Å². The second-order valence-electron chi connectivity index (χ2n) is 20.1. The van der Waals surface area contributed by atoms with Crippen LogP contribution in [0.15, 0.2) is 91.3 Å². The van der Waals surface area contributed by atoms with Crippen LogP contribution in [-0.2, 0) is 71.2 Å². The molecule has 7 rings (SSSR count). The molecule has 564 valence electrons. The first-order valence-electron chi connectivity index (χ1n) is 29.0. The number of hydrogen-bond acceptors (Lipinski definition) is 31. The second-order valence-corrected chi connectivity index (χ2v) is 23.0. The number of aliphatic hydroxyl groups excluding tert-OH is 4. The number of furan rings is 4. The number of hydrogen-bond donors (Lipinski definition) is 9. The number of nitrogens with two attached hydrogens (primary N) is 3. The van der Waals surface area contributed by atoms with Crippen molar-refractivity contribution in [2.24, 2.45) is 35.0 Å². The minimum atomic E-state index is -1.67. The molecule has 7 heterocycles. The molecule has 0 aliphatic carbocycles. The Kier molecular flexibility index (Phi) is 61.9. The number of aldehydes is 1. The van der Waals surface area contributed by atoms with Crippen molar-refractivity contribution in [3.8, 4) is 0 Å². The molecule has 1 amide bonds. The smallest absolute Gasteiger partial charge is 0.410 e. The average Bonchev–Trinajstić information content (AvgIpc) is 1.58. The van der Waals surface area contributed by atoms with E-state index in [2.05, 4.69) is 50.0 Å². The number of cyclic esters (lactones) is 2. The number of piperazine rings is 1. The van der Waals surface area contributed by atoms with Crippen LogP contribution in [0.5, 0.6) is 0 Å². The molecular formula is C60H92Cl3N5O28S3. The highest BCUT2D eigenvalue weighted by molar-refractivity contribution is 8.26. The van der Waals surface area contributed by atoms with Crippen molar-refractivity contribution in [3.63, 3.8) is 0 Å². The summed E-state index contributed by atoms with van der Waals surface area (Å²) in [7, 11) is 12.1. The van der Waals surface area contributed by atoms with Gasteiger partial charge in [-0.05, 0) is 107 Å². The number of esters is 5.